The predicted octanol–water partition coefficient (Wildman–Crippen LogP) is 3.98. The molecule has 2 aromatic carbocycles. The molecule has 25 heavy (non-hydrogen) atoms. The van der Waals surface area contributed by atoms with Crippen molar-refractivity contribution in [2.45, 2.75) is 0 Å². The van der Waals surface area contributed by atoms with Crippen molar-refractivity contribution in [3.05, 3.63) is 78.5 Å². The lowest BCUT2D eigenvalue weighted by Crippen LogP contribution is -2.30. The van der Waals surface area contributed by atoms with Crippen LogP contribution >= 0.6 is 0 Å². The average molecular weight is 331 g/mol. The molecule has 0 radical (unpaired) electrons. The maximum absolute atomic E-state index is 12.9. The molecule has 0 bridgehead atoms. The van der Waals surface area contributed by atoms with Gasteiger partial charge in [0, 0.05) is 6.20 Å². The zero-order valence-corrected chi connectivity index (χ0v) is 13.0. The molecule has 3 aromatic rings. The number of rotatable bonds is 1. The Balaban J connectivity index is 1.84. The van der Waals surface area contributed by atoms with Crippen LogP contribution in [0.4, 0.5) is 22.0 Å². The van der Waals surface area contributed by atoms with E-state index in [0.717, 1.165) is 0 Å². The highest BCUT2D eigenvalue weighted by molar-refractivity contribution is 6.16. The third-order valence-corrected chi connectivity index (χ3v) is 3.77. The number of benzene rings is 2. The van der Waals surface area contributed by atoms with E-state index in [4.69, 9.17) is 4.74 Å². The van der Waals surface area contributed by atoms with E-state index < -0.39 is 6.09 Å². The first-order chi connectivity index (χ1) is 12.2. The van der Waals surface area contributed by atoms with E-state index in [9.17, 15) is 9.59 Å². The molecule has 4 rings (SSSR count). The molecule has 0 spiro atoms. The van der Waals surface area contributed by atoms with E-state index in [1.54, 1.807) is 66.9 Å². The van der Waals surface area contributed by atoms with Gasteiger partial charge in [-0.2, -0.15) is 0 Å². The van der Waals surface area contributed by atoms with Gasteiger partial charge in [-0.1, -0.05) is 30.3 Å². The Kier molecular flexibility index (Phi) is 3.63. The fourth-order valence-electron chi connectivity index (χ4n) is 2.66. The lowest BCUT2D eigenvalue weighted by molar-refractivity contribution is 0.102. The molecule has 0 atom stereocenters. The summed E-state index contributed by atoms with van der Waals surface area (Å²) in [6.07, 6.45) is 0.914. The van der Waals surface area contributed by atoms with Gasteiger partial charge in [0.2, 0.25) is 0 Å². The Morgan fingerprint density at radius 1 is 0.960 bits per heavy atom. The van der Waals surface area contributed by atoms with Crippen molar-refractivity contribution < 1.29 is 14.3 Å². The Morgan fingerprint density at radius 3 is 2.56 bits per heavy atom. The first-order valence-electron chi connectivity index (χ1n) is 7.66. The summed E-state index contributed by atoms with van der Waals surface area (Å²) in [7, 11) is 0. The molecule has 0 aliphatic carbocycles. The van der Waals surface area contributed by atoms with E-state index in [2.05, 4.69) is 10.3 Å². The number of aromatic nitrogens is 1. The molecular weight excluding hydrogens is 318 g/mol. The zero-order valence-electron chi connectivity index (χ0n) is 13.0. The van der Waals surface area contributed by atoms with Crippen molar-refractivity contribution in [1.29, 1.82) is 0 Å². The van der Waals surface area contributed by atoms with Crippen LogP contribution in [0, 0.1) is 0 Å². The lowest BCUT2D eigenvalue weighted by Gasteiger charge is -2.21. The maximum Gasteiger partial charge on any atom is 0.425 e. The summed E-state index contributed by atoms with van der Waals surface area (Å²) in [6, 6.07) is 19.0. The van der Waals surface area contributed by atoms with E-state index in [1.165, 1.54) is 4.90 Å². The number of hydrogen-bond donors (Lipinski definition) is 1. The maximum atomic E-state index is 12.9. The Labute approximate surface area is 143 Å². The number of nitrogens with one attached hydrogen (secondary N) is 1. The number of anilines is 3. The molecule has 0 saturated carbocycles. The Morgan fingerprint density at radius 2 is 1.72 bits per heavy atom. The molecular formula is C19H13N3O3. The van der Waals surface area contributed by atoms with Crippen LogP contribution in [0.1, 0.15) is 10.4 Å². The summed E-state index contributed by atoms with van der Waals surface area (Å²) >= 11 is 0. The van der Waals surface area contributed by atoms with E-state index >= 15 is 0 Å². The lowest BCUT2D eigenvalue weighted by atomic mass is 10.1. The van der Waals surface area contributed by atoms with Crippen molar-refractivity contribution in [1.82, 2.24) is 4.98 Å². The van der Waals surface area contributed by atoms with Crippen molar-refractivity contribution in [3.63, 3.8) is 0 Å². The second-order valence-corrected chi connectivity index (χ2v) is 5.36. The molecule has 0 saturated heterocycles. The van der Waals surface area contributed by atoms with E-state index in [-0.39, 0.29) is 5.91 Å². The standard InChI is InChI=1S/C19H13N3O3/c23-18-14-9-4-5-11-16(14)22(17-15(21-18)10-6-12-20-17)19(24)25-13-7-2-1-3-8-13/h1-12H,(H,21,23). The molecule has 0 unspecified atom stereocenters. The van der Waals surface area contributed by atoms with Crippen LogP contribution in [0.25, 0.3) is 0 Å². The zero-order chi connectivity index (χ0) is 17.2. The number of carbonyl (C=O) groups excluding carboxylic acids is 2. The summed E-state index contributed by atoms with van der Waals surface area (Å²) in [4.78, 5) is 30.9. The molecule has 1 aliphatic rings. The van der Waals surface area contributed by atoms with Crippen LogP contribution in [-0.4, -0.2) is 17.0 Å². The summed E-state index contributed by atoms with van der Waals surface area (Å²) in [5.74, 6) is 0.410. The van der Waals surface area contributed by atoms with Gasteiger partial charge in [0.1, 0.15) is 5.75 Å². The Hall–Kier alpha value is -3.67. The summed E-state index contributed by atoms with van der Waals surface area (Å²) < 4.78 is 5.47. The topological polar surface area (TPSA) is 71.5 Å². The largest absolute Gasteiger partial charge is 0.425 e. The number of amides is 2. The molecule has 1 aromatic heterocycles. The van der Waals surface area contributed by atoms with Gasteiger partial charge < -0.3 is 10.1 Å². The summed E-state index contributed by atoms with van der Waals surface area (Å²) in [5, 5.41) is 2.78. The van der Waals surface area contributed by atoms with Gasteiger partial charge in [-0.3, -0.25) is 4.79 Å². The van der Waals surface area contributed by atoms with Crippen molar-refractivity contribution in [2.75, 3.05) is 10.2 Å². The monoisotopic (exact) mass is 331 g/mol. The van der Waals surface area contributed by atoms with Gasteiger partial charge in [-0.05, 0) is 36.4 Å². The minimum Gasteiger partial charge on any atom is -0.410 e. The quantitative estimate of drug-likeness (QED) is 0.732. The molecule has 2 heterocycles. The fourth-order valence-corrected chi connectivity index (χ4v) is 2.66. The minimum absolute atomic E-state index is 0.306. The molecule has 1 aliphatic heterocycles. The highest BCUT2D eigenvalue weighted by Crippen LogP contribution is 2.36. The molecule has 6 heteroatoms. The predicted molar refractivity (Wildman–Crippen MR) is 93.2 cm³/mol. The highest BCUT2D eigenvalue weighted by Gasteiger charge is 2.31. The normalized spacial score (nSPS) is 12.5. The van der Waals surface area contributed by atoms with Crippen molar-refractivity contribution >= 4 is 29.2 Å². The number of ether oxygens (including phenoxy) is 1. The number of nitrogens with zero attached hydrogens (tertiary/aromatic N) is 2. The number of pyridine rings is 1. The third kappa shape index (κ3) is 2.70. The van der Waals surface area contributed by atoms with E-state index in [1.807, 2.05) is 6.07 Å². The van der Waals surface area contributed by atoms with Crippen LogP contribution < -0.4 is 15.0 Å². The second-order valence-electron chi connectivity index (χ2n) is 5.36. The summed E-state index contributed by atoms with van der Waals surface area (Å²) in [6.45, 7) is 0. The van der Waals surface area contributed by atoms with Crippen LogP contribution in [0.15, 0.2) is 72.9 Å². The number of carbonyl (C=O) groups is 2. The molecule has 0 fully saturated rings. The van der Waals surface area contributed by atoms with Gasteiger partial charge in [0.25, 0.3) is 5.91 Å². The highest BCUT2D eigenvalue weighted by atomic mass is 16.6. The van der Waals surface area contributed by atoms with Gasteiger partial charge in [-0.15, -0.1) is 0 Å². The van der Waals surface area contributed by atoms with Gasteiger partial charge >= 0.3 is 6.09 Å². The first kappa shape index (κ1) is 14.9. The Bertz CT molecular complexity index is 957. The van der Waals surface area contributed by atoms with E-state index in [0.29, 0.717) is 28.5 Å². The average Bonchev–Trinajstić information content (AvgIpc) is 2.76. The minimum atomic E-state index is -0.643. The summed E-state index contributed by atoms with van der Waals surface area (Å²) in [5.41, 5.74) is 1.22. The second kappa shape index (κ2) is 6.09. The molecule has 1 N–H and O–H groups in total. The molecule has 122 valence electrons. The van der Waals surface area contributed by atoms with Crippen LogP contribution in [0.2, 0.25) is 0 Å². The van der Waals surface area contributed by atoms with Gasteiger partial charge in [0.15, 0.2) is 5.82 Å². The molecule has 6 nitrogen and oxygen atoms in total. The number of fused-ring (bicyclic) bond motifs is 2. The smallest absolute Gasteiger partial charge is 0.410 e. The number of hydrogen-bond acceptors (Lipinski definition) is 4. The van der Waals surface area contributed by atoms with Crippen LogP contribution in [-0.2, 0) is 0 Å². The van der Waals surface area contributed by atoms with Gasteiger partial charge in [0.05, 0.1) is 16.9 Å². The first-order valence-corrected chi connectivity index (χ1v) is 7.66. The van der Waals surface area contributed by atoms with Crippen LogP contribution in [0.3, 0.4) is 0 Å². The van der Waals surface area contributed by atoms with Gasteiger partial charge in [-0.25, -0.2) is 14.7 Å². The molecule has 2 amide bonds. The SMILES string of the molecule is O=C1Nc2cccnc2N(C(=O)Oc2ccccc2)c2ccccc21. The van der Waals surface area contributed by atoms with Crippen molar-refractivity contribution in [3.8, 4) is 5.75 Å². The van der Waals surface area contributed by atoms with Crippen molar-refractivity contribution in [2.24, 2.45) is 0 Å². The fraction of sp³-hybridized carbons (Fsp3) is 0. The van der Waals surface area contributed by atoms with Crippen LogP contribution in [0.5, 0.6) is 5.75 Å². The number of para-hydroxylation sites is 2. The third-order valence-electron chi connectivity index (χ3n) is 3.77.